The number of ether oxygens (including phenoxy) is 1. The van der Waals surface area contributed by atoms with Gasteiger partial charge in [-0.15, -0.1) is 11.3 Å². The van der Waals surface area contributed by atoms with Gasteiger partial charge < -0.3 is 14.5 Å². The lowest BCUT2D eigenvalue weighted by molar-refractivity contribution is 0.0519. The van der Waals surface area contributed by atoms with Crippen LogP contribution in [0.2, 0.25) is 0 Å². The number of hydrogen-bond donors (Lipinski definition) is 0. The van der Waals surface area contributed by atoms with Gasteiger partial charge in [0.25, 0.3) is 0 Å². The fourth-order valence-electron chi connectivity index (χ4n) is 1.93. The summed E-state index contributed by atoms with van der Waals surface area (Å²) in [4.78, 5) is 21.7. The maximum Gasteiger partial charge on any atom is 0.358 e. The molecule has 0 N–H and O–H groups in total. The molecule has 0 bridgehead atoms. The molecule has 0 aromatic carbocycles. The first-order valence-corrected chi connectivity index (χ1v) is 8.21. The van der Waals surface area contributed by atoms with E-state index in [4.69, 9.17) is 4.74 Å². The van der Waals surface area contributed by atoms with Crippen LogP contribution in [-0.4, -0.2) is 56.2 Å². The average Bonchev–Trinajstić information content (AvgIpc) is 2.76. The summed E-state index contributed by atoms with van der Waals surface area (Å²) >= 11 is 1.57. The Labute approximate surface area is 131 Å². The fraction of sp³-hybridized carbons (Fsp3) is 0.733. The number of carbonyl (C=O) groups is 1. The molecule has 6 heteroatoms. The zero-order valence-electron chi connectivity index (χ0n) is 14.0. The molecule has 0 saturated heterocycles. The van der Waals surface area contributed by atoms with Gasteiger partial charge in [-0.3, -0.25) is 0 Å². The largest absolute Gasteiger partial charge is 0.461 e. The van der Waals surface area contributed by atoms with Gasteiger partial charge in [0.2, 0.25) is 0 Å². The van der Waals surface area contributed by atoms with Crippen LogP contribution in [0.4, 0.5) is 5.13 Å². The van der Waals surface area contributed by atoms with Crippen LogP contribution < -0.4 is 4.90 Å². The van der Waals surface area contributed by atoms with Crippen LogP contribution in [0.15, 0.2) is 0 Å². The Morgan fingerprint density at radius 3 is 2.52 bits per heavy atom. The van der Waals surface area contributed by atoms with E-state index in [9.17, 15) is 4.79 Å². The molecular weight excluding hydrogens is 286 g/mol. The second-order valence-corrected chi connectivity index (χ2v) is 6.95. The van der Waals surface area contributed by atoms with Gasteiger partial charge in [-0.25, -0.2) is 9.78 Å². The van der Waals surface area contributed by atoms with Gasteiger partial charge in [0, 0.05) is 24.5 Å². The maximum atomic E-state index is 11.9. The van der Waals surface area contributed by atoms with Gasteiger partial charge in [0.15, 0.2) is 10.8 Å². The average molecular weight is 313 g/mol. The molecule has 0 aliphatic carbocycles. The standard InChI is InChI=1S/C15H27N3O2S/c1-7-20-14(19)13-12(4)21-15(16-13)18(10-11(2)3)9-8-17(5)6/h11H,7-10H2,1-6H3. The molecule has 0 unspecified atom stereocenters. The van der Waals surface area contributed by atoms with Crippen molar-refractivity contribution in [2.24, 2.45) is 5.92 Å². The predicted octanol–water partition coefficient (Wildman–Crippen LogP) is 2.65. The number of esters is 1. The number of aryl methyl sites for hydroxylation is 1. The first-order valence-electron chi connectivity index (χ1n) is 7.39. The van der Waals surface area contributed by atoms with Crippen molar-refractivity contribution < 1.29 is 9.53 Å². The Bertz CT molecular complexity index is 458. The van der Waals surface area contributed by atoms with Crippen molar-refractivity contribution >= 4 is 22.4 Å². The third kappa shape index (κ3) is 5.63. The molecule has 0 aliphatic rings. The molecule has 1 rings (SSSR count). The molecule has 1 aromatic heterocycles. The summed E-state index contributed by atoms with van der Waals surface area (Å²) in [7, 11) is 4.12. The summed E-state index contributed by atoms with van der Waals surface area (Å²) in [6, 6.07) is 0. The van der Waals surface area contributed by atoms with Crippen LogP contribution in [-0.2, 0) is 4.74 Å². The van der Waals surface area contributed by atoms with Gasteiger partial charge in [-0.1, -0.05) is 13.8 Å². The maximum absolute atomic E-state index is 11.9. The molecule has 1 aromatic rings. The van der Waals surface area contributed by atoms with E-state index in [1.165, 1.54) is 0 Å². The van der Waals surface area contributed by atoms with Gasteiger partial charge in [-0.2, -0.15) is 0 Å². The van der Waals surface area contributed by atoms with Crippen LogP contribution in [0.5, 0.6) is 0 Å². The summed E-state index contributed by atoms with van der Waals surface area (Å²) in [5, 5.41) is 0.908. The molecule has 0 atom stereocenters. The van der Waals surface area contributed by atoms with Crippen molar-refractivity contribution in [3.05, 3.63) is 10.6 Å². The quantitative estimate of drug-likeness (QED) is 0.690. The number of rotatable bonds is 8. The second-order valence-electron chi connectivity index (χ2n) is 5.76. The molecule has 0 fully saturated rings. The van der Waals surface area contributed by atoms with E-state index in [0.29, 0.717) is 18.2 Å². The summed E-state index contributed by atoms with van der Waals surface area (Å²) in [5.41, 5.74) is 0.454. The zero-order chi connectivity index (χ0) is 16.0. The monoisotopic (exact) mass is 313 g/mol. The minimum Gasteiger partial charge on any atom is -0.461 e. The summed E-state index contributed by atoms with van der Waals surface area (Å²) in [6.45, 7) is 11.3. The van der Waals surface area contributed by atoms with Crippen molar-refractivity contribution in [1.82, 2.24) is 9.88 Å². The Balaban J connectivity index is 2.91. The topological polar surface area (TPSA) is 45.7 Å². The summed E-state index contributed by atoms with van der Waals surface area (Å²) in [5.74, 6) is 0.219. The Hall–Kier alpha value is -1.14. The van der Waals surface area contributed by atoms with Crippen molar-refractivity contribution in [3.8, 4) is 0 Å². The molecule has 21 heavy (non-hydrogen) atoms. The third-order valence-electron chi connectivity index (χ3n) is 2.93. The lowest BCUT2D eigenvalue weighted by atomic mass is 10.2. The summed E-state index contributed by atoms with van der Waals surface area (Å²) in [6.07, 6.45) is 0. The minimum absolute atomic E-state index is 0.324. The Morgan fingerprint density at radius 2 is 2.00 bits per heavy atom. The Morgan fingerprint density at radius 1 is 1.33 bits per heavy atom. The van der Waals surface area contributed by atoms with Crippen molar-refractivity contribution in [1.29, 1.82) is 0 Å². The molecule has 120 valence electrons. The minimum atomic E-state index is -0.324. The number of carbonyl (C=O) groups excluding carboxylic acids is 1. The lowest BCUT2D eigenvalue weighted by Gasteiger charge is -2.25. The van der Waals surface area contributed by atoms with Crippen LogP contribution >= 0.6 is 11.3 Å². The van der Waals surface area contributed by atoms with Gasteiger partial charge in [0.05, 0.1) is 6.61 Å². The zero-order valence-corrected chi connectivity index (χ0v) is 14.8. The van der Waals surface area contributed by atoms with Gasteiger partial charge in [-0.05, 0) is 33.9 Å². The number of aromatic nitrogens is 1. The van der Waals surface area contributed by atoms with E-state index in [1.54, 1.807) is 11.3 Å². The molecule has 5 nitrogen and oxygen atoms in total. The van der Waals surface area contributed by atoms with Crippen LogP contribution in [0, 0.1) is 12.8 Å². The number of hydrogen-bond acceptors (Lipinski definition) is 6. The van der Waals surface area contributed by atoms with E-state index < -0.39 is 0 Å². The van der Waals surface area contributed by atoms with Crippen LogP contribution in [0.1, 0.15) is 36.1 Å². The van der Waals surface area contributed by atoms with E-state index in [0.717, 1.165) is 29.6 Å². The normalized spacial score (nSPS) is 11.2. The first-order chi connectivity index (χ1) is 9.85. The van der Waals surface area contributed by atoms with E-state index in [-0.39, 0.29) is 5.97 Å². The molecule has 1 heterocycles. The molecule has 0 spiro atoms. The highest BCUT2D eigenvalue weighted by Gasteiger charge is 2.20. The summed E-state index contributed by atoms with van der Waals surface area (Å²) < 4.78 is 5.06. The van der Waals surface area contributed by atoms with Gasteiger partial charge in [0.1, 0.15) is 0 Å². The highest BCUT2D eigenvalue weighted by Crippen LogP contribution is 2.26. The Kier molecular flexibility index (Phi) is 7.11. The van der Waals surface area contributed by atoms with Crippen molar-refractivity contribution in [3.63, 3.8) is 0 Å². The molecular formula is C15H27N3O2S. The van der Waals surface area contributed by atoms with Crippen LogP contribution in [0.25, 0.3) is 0 Å². The SMILES string of the molecule is CCOC(=O)c1nc(N(CCN(C)C)CC(C)C)sc1C. The van der Waals surface area contributed by atoms with Crippen LogP contribution in [0.3, 0.4) is 0 Å². The third-order valence-corrected chi connectivity index (χ3v) is 3.96. The number of nitrogens with zero attached hydrogens (tertiary/aromatic N) is 3. The first kappa shape index (κ1) is 17.9. The predicted molar refractivity (Wildman–Crippen MR) is 88.4 cm³/mol. The number of thiazole rings is 1. The molecule has 0 radical (unpaired) electrons. The number of likely N-dealkylation sites (N-methyl/N-ethyl adjacent to an activating group) is 1. The lowest BCUT2D eigenvalue weighted by Crippen LogP contribution is -2.34. The second kappa shape index (κ2) is 8.34. The smallest absolute Gasteiger partial charge is 0.358 e. The number of anilines is 1. The van der Waals surface area contributed by atoms with E-state index in [1.807, 2.05) is 13.8 Å². The van der Waals surface area contributed by atoms with E-state index in [2.05, 4.69) is 42.7 Å². The highest BCUT2D eigenvalue weighted by molar-refractivity contribution is 7.15. The van der Waals surface area contributed by atoms with Gasteiger partial charge >= 0.3 is 5.97 Å². The molecule has 0 amide bonds. The fourth-order valence-corrected chi connectivity index (χ4v) is 2.86. The van der Waals surface area contributed by atoms with Crippen molar-refractivity contribution in [2.75, 3.05) is 45.2 Å². The molecule has 0 aliphatic heterocycles. The van der Waals surface area contributed by atoms with E-state index >= 15 is 0 Å². The highest BCUT2D eigenvalue weighted by atomic mass is 32.1. The van der Waals surface area contributed by atoms with Crippen molar-refractivity contribution in [2.45, 2.75) is 27.7 Å². The molecule has 0 saturated carbocycles.